The maximum absolute atomic E-state index is 7.04. The lowest BCUT2D eigenvalue weighted by Gasteiger charge is -2.39. The zero-order valence-corrected chi connectivity index (χ0v) is 38.0. The van der Waals surface area contributed by atoms with Crippen LogP contribution in [0.1, 0.15) is 22.3 Å². The van der Waals surface area contributed by atoms with Crippen LogP contribution in [0, 0.1) is 0 Å². The number of para-hydroxylation sites is 6. The number of fused-ring (bicyclic) bond motifs is 18. The van der Waals surface area contributed by atoms with E-state index in [1.165, 1.54) is 26.9 Å². The zero-order valence-electron chi connectivity index (χ0n) is 38.0. The average molecular weight is 907 g/mol. The maximum atomic E-state index is 7.04. The second kappa shape index (κ2) is 14.2. The van der Waals surface area contributed by atoms with Crippen LogP contribution in [0.15, 0.2) is 231 Å². The van der Waals surface area contributed by atoms with Crippen LogP contribution in [0.25, 0.3) is 105 Å². The molecule has 330 valence electrons. The molecule has 0 radical (unpaired) electrons. The van der Waals surface area contributed by atoms with Crippen molar-refractivity contribution in [3.63, 3.8) is 0 Å². The fourth-order valence-corrected chi connectivity index (χ4v) is 12.4. The van der Waals surface area contributed by atoms with Crippen LogP contribution in [-0.4, -0.2) is 28.7 Å². The topological polar surface area (TPSA) is 62.7 Å². The van der Waals surface area contributed by atoms with Crippen molar-refractivity contribution in [2.24, 2.45) is 0 Å². The molecule has 0 bridgehead atoms. The third kappa shape index (κ3) is 5.08. The molecule has 0 N–H and O–H groups in total. The van der Waals surface area contributed by atoms with Crippen LogP contribution < -0.4 is 4.74 Å². The van der Waals surface area contributed by atoms with Gasteiger partial charge in [0, 0.05) is 61.4 Å². The monoisotopic (exact) mass is 906 g/mol. The molecule has 7 heteroatoms. The van der Waals surface area contributed by atoms with E-state index in [4.69, 9.17) is 19.7 Å². The fraction of sp³-hybridized carbons (Fsp3) is 0.0156. The molecule has 71 heavy (non-hydrogen) atoms. The van der Waals surface area contributed by atoms with E-state index in [-0.39, 0.29) is 0 Å². The highest BCUT2D eigenvalue weighted by Gasteiger charge is 2.52. The molecular weight excluding hydrogens is 869 g/mol. The number of hydrogen-bond donors (Lipinski definition) is 0. The van der Waals surface area contributed by atoms with Gasteiger partial charge in [0.15, 0.2) is 0 Å². The fourth-order valence-electron chi connectivity index (χ4n) is 12.4. The van der Waals surface area contributed by atoms with E-state index in [0.29, 0.717) is 0 Å². The van der Waals surface area contributed by atoms with Crippen molar-refractivity contribution in [1.29, 1.82) is 0 Å². The molecule has 1 unspecified atom stereocenters. The summed E-state index contributed by atoms with van der Waals surface area (Å²) in [4.78, 5) is 15.1. The highest BCUT2D eigenvalue weighted by atomic mass is 16.5. The number of nitrogens with zero attached hydrogens (tertiary/aromatic N) is 6. The van der Waals surface area contributed by atoms with Gasteiger partial charge in [-0.1, -0.05) is 133 Å². The standard InChI is InChI=1S/C64H38N6O/c1-7-21-52-42(14-1)43-15-2-8-22-53(43)68(52)41-36-51-63(67-37-41)62-50(20-13-32-66-62)64(51)48-19-6-12-26-60(48)71-61-35-40(27-29-49(61)64)39-28-30-57-47(34-39)46-18-5-11-25-56(46)70(57)59-38-65-33-31-58(59)69-54-23-9-3-16-44(54)45-17-4-10-24-55(45)69/h1-38H. The van der Waals surface area contributed by atoms with Crippen LogP contribution >= 0.6 is 0 Å². The molecule has 8 aromatic carbocycles. The molecule has 7 heterocycles. The lowest BCUT2D eigenvalue weighted by atomic mass is 9.66. The Balaban J connectivity index is 0.886. The van der Waals surface area contributed by atoms with E-state index >= 15 is 0 Å². The molecular formula is C64H38N6O. The van der Waals surface area contributed by atoms with Gasteiger partial charge in [0.25, 0.3) is 0 Å². The van der Waals surface area contributed by atoms with Gasteiger partial charge < -0.3 is 18.4 Å². The van der Waals surface area contributed by atoms with E-state index in [1.54, 1.807) is 0 Å². The van der Waals surface area contributed by atoms with Gasteiger partial charge in [-0.3, -0.25) is 15.0 Å². The zero-order chi connectivity index (χ0) is 46.4. The number of aromatic nitrogens is 6. The molecule has 2 aliphatic rings. The van der Waals surface area contributed by atoms with Crippen LogP contribution in [0.2, 0.25) is 0 Å². The van der Waals surface area contributed by atoms with Crippen molar-refractivity contribution in [2.45, 2.75) is 5.41 Å². The van der Waals surface area contributed by atoms with Crippen LogP contribution in [-0.2, 0) is 5.41 Å². The molecule has 0 saturated heterocycles. The van der Waals surface area contributed by atoms with Gasteiger partial charge in [0.05, 0.1) is 79.4 Å². The Labute approximate surface area is 406 Å². The summed E-state index contributed by atoms with van der Waals surface area (Å²) < 4.78 is 14.2. The summed E-state index contributed by atoms with van der Waals surface area (Å²) in [5.41, 5.74) is 17.4. The van der Waals surface area contributed by atoms with Gasteiger partial charge >= 0.3 is 0 Å². The Kier molecular flexibility index (Phi) is 7.69. The summed E-state index contributed by atoms with van der Waals surface area (Å²) in [6.07, 6.45) is 7.79. The lowest BCUT2D eigenvalue weighted by Crippen LogP contribution is -2.32. The Morgan fingerprint density at radius 3 is 1.55 bits per heavy atom. The number of ether oxygens (including phenoxy) is 1. The predicted octanol–water partition coefficient (Wildman–Crippen LogP) is 15.3. The third-order valence-electron chi connectivity index (χ3n) is 15.3. The second-order valence-corrected chi connectivity index (χ2v) is 18.7. The van der Waals surface area contributed by atoms with E-state index in [1.807, 2.05) is 24.8 Å². The number of pyridine rings is 3. The molecule has 0 fully saturated rings. The minimum atomic E-state index is -0.751. The Morgan fingerprint density at radius 1 is 0.338 bits per heavy atom. The smallest absolute Gasteiger partial charge is 0.132 e. The largest absolute Gasteiger partial charge is 0.457 e. The van der Waals surface area contributed by atoms with Crippen molar-refractivity contribution in [3.05, 3.63) is 253 Å². The highest BCUT2D eigenvalue weighted by molar-refractivity contribution is 6.13. The minimum absolute atomic E-state index is 0.751. The Morgan fingerprint density at radius 2 is 0.859 bits per heavy atom. The summed E-state index contributed by atoms with van der Waals surface area (Å²) in [5.74, 6) is 1.62. The van der Waals surface area contributed by atoms with E-state index in [9.17, 15) is 0 Å². The molecule has 0 saturated carbocycles. The number of benzene rings is 8. The molecule has 16 rings (SSSR count). The van der Waals surface area contributed by atoms with E-state index in [0.717, 1.165) is 112 Å². The van der Waals surface area contributed by atoms with Gasteiger partial charge in [-0.05, 0) is 89.5 Å². The summed E-state index contributed by atoms with van der Waals surface area (Å²) >= 11 is 0. The molecule has 6 aromatic heterocycles. The van der Waals surface area contributed by atoms with Crippen molar-refractivity contribution in [3.8, 4) is 51.1 Å². The molecule has 1 aliphatic carbocycles. The van der Waals surface area contributed by atoms with E-state index < -0.39 is 5.41 Å². The number of rotatable bonds is 4. The highest BCUT2D eigenvalue weighted by Crippen LogP contribution is 2.62. The molecule has 1 aliphatic heterocycles. The first-order valence-corrected chi connectivity index (χ1v) is 24.1. The summed E-state index contributed by atoms with van der Waals surface area (Å²) in [7, 11) is 0. The average Bonchev–Trinajstić information content (AvgIpc) is 4.15. The molecule has 7 nitrogen and oxygen atoms in total. The molecule has 1 spiro atoms. The third-order valence-corrected chi connectivity index (χ3v) is 15.3. The second-order valence-electron chi connectivity index (χ2n) is 18.7. The summed E-state index contributed by atoms with van der Waals surface area (Å²) in [6, 6.07) is 74.2. The van der Waals surface area contributed by atoms with E-state index in [2.05, 4.69) is 220 Å². The van der Waals surface area contributed by atoms with Gasteiger partial charge in [0.1, 0.15) is 11.5 Å². The van der Waals surface area contributed by atoms with Gasteiger partial charge in [-0.15, -0.1) is 0 Å². The number of hydrogen-bond acceptors (Lipinski definition) is 4. The summed E-state index contributed by atoms with van der Waals surface area (Å²) in [5, 5.41) is 7.19. The maximum Gasteiger partial charge on any atom is 0.132 e. The normalized spacial score (nSPS) is 14.6. The predicted molar refractivity (Wildman–Crippen MR) is 286 cm³/mol. The first kappa shape index (κ1) is 38.4. The molecule has 1 atom stereocenters. The van der Waals surface area contributed by atoms with Gasteiger partial charge in [0.2, 0.25) is 0 Å². The Hall–Kier alpha value is -9.59. The van der Waals surface area contributed by atoms with Crippen molar-refractivity contribution >= 4 is 65.4 Å². The van der Waals surface area contributed by atoms with Crippen molar-refractivity contribution in [1.82, 2.24) is 28.7 Å². The van der Waals surface area contributed by atoms with Crippen LogP contribution in [0.3, 0.4) is 0 Å². The minimum Gasteiger partial charge on any atom is -0.457 e. The molecule has 14 aromatic rings. The van der Waals surface area contributed by atoms with Gasteiger partial charge in [-0.25, -0.2) is 0 Å². The van der Waals surface area contributed by atoms with Crippen molar-refractivity contribution < 1.29 is 4.74 Å². The summed E-state index contributed by atoms with van der Waals surface area (Å²) in [6.45, 7) is 0. The SMILES string of the molecule is c1ccc2c(c1)Oc1cc(-c3ccc4c(c3)c3ccccc3n4-c3cnccc3-n3c4ccccc4c4ccccc43)ccc1C21c2cccnc2-c2ncc(-n3c4ccccc4c4ccccc43)cc21. The lowest BCUT2D eigenvalue weighted by molar-refractivity contribution is 0.436. The first-order chi connectivity index (χ1) is 35.2. The quantitative estimate of drug-likeness (QED) is 0.176. The Bertz CT molecular complexity index is 4490. The van der Waals surface area contributed by atoms with Gasteiger partial charge in [-0.2, -0.15) is 0 Å². The van der Waals surface area contributed by atoms with Crippen molar-refractivity contribution in [2.75, 3.05) is 0 Å². The van der Waals surface area contributed by atoms with Crippen LogP contribution in [0.4, 0.5) is 0 Å². The first-order valence-electron chi connectivity index (χ1n) is 24.1. The van der Waals surface area contributed by atoms with Crippen LogP contribution in [0.5, 0.6) is 11.5 Å². The molecule has 0 amide bonds.